The molecule has 2 saturated heterocycles. The number of fused-ring (bicyclic) bond motifs is 1. The molecule has 0 atom stereocenters. The molecule has 2 amide bonds. The Morgan fingerprint density at radius 1 is 1.21 bits per heavy atom. The largest absolute Gasteiger partial charge is 0.454 e. The fourth-order valence-corrected chi connectivity index (χ4v) is 4.51. The monoisotopic (exact) mass is 420 g/mol. The van der Waals surface area contributed by atoms with E-state index in [0.29, 0.717) is 66.4 Å². The van der Waals surface area contributed by atoms with E-state index in [1.54, 1.807) is 11.0 Å². The number of hydrogen-bond donors (Lipinski definition) is 0. The first-order valence-corrected chi connectivity index (χ1v) is 10.3. The first-order valence-electron chi connectivity index (χ1n) is 9.12. The molecule has 3 heterocycles. The lowest BCUT2D eigenvalue weighted by molar-refractivity contribution is -0.135. The van der Waals surface area contributed by atoms with E-state index in [4.69, 9.17) is 26.4 Å². The van der Waals surface area contributed by atoms with Crippen molar-refractivity contribution in [3.63, 3.8) is 0 Å². The maximum atomic E-state index is 12.7. The van der Waals surface area contributed by atoms with Crippen molar-refractivity contribution in [1.29, 1.82) is 0 Å². The summed E-state index contributed by atoms with van der Waals surface area (Å²) in [4.78, 5) is 28.9. The molecule has 0 radical (unpaired) electrons. The molecule has 28 heavy (non-hydrogen) atoms. The number of benzene rings is 1. The Kier molecular flexibility index (Phi) is 5.84. The first-order chi connectivity index (χ1) is 13.6. The van der Waals surface area contributed by atoms with Crippen LogP contribution in [0.2, 0.25) is 0 Å². The Hall–Kier alpha value is -2.10. The third kappa shape index (κ3) is 4.16. The summed E-state index contributed by atoms with van der Waals surface area (Å²) in [5, 5.41) is 0. The second-order valence-corrected chi connectivity index (χ2v) is 8.22. The Balaban J connectivity index is 1.34. The average molecular weight is 421 g/mol. The number of morpholine rings is 1. The van der Waals surface area contributed by atoms with Crippen LogP contribution in [0.3, 0.4) is 0 Å². The molecular formula is C19H20N2O5S2. The number of amides is 2. The Morgan fingerprint density at radius 3 is 2.82 bits per heavy atom. The van der Waals surface area contributed by atoms with Gasteiger partial charge in [-0.3, -0.25) is 14.5 Å². The standard InChI is InChI=1S/C19H20N2O5S2/c22-17(20-6-8-24-9-7-20)2-1-5-21-18(23)16(28-19(21)27)11-13-3-4-14-15(10-13)26-12-25-14/h3-4,10-11H,1-2,5-9,12H2. The summed E-state index contributed by atoms with van der Waals surface area (Å²) < 4.78 is 16.5. The van der Waals surface area contributed by atoms with Crippen molar-refractivity contribution in [2.45, 2.75) is 12.8 Å². The SMILES string of the molecule is O=C(CCCN1C(=O)C(=Cc2ccc3c(c2)OCO3)SC1=S)N1CCOCC1. The lowest BCUT2D eigenvalue weighted by atomic mass is 10.2. The topological polar surface area (TPSA) is 68.3 Å². The molecule has 1 aromatic rings. The van der Waals surface area contributed by atoms with E-state index < -0.39 is 0 Å². The van der Waals surface area contributed by atoms with Crippen molar-refractivity contribution in [2.24, 2.45) is 0 Å². The van der Waals surface area contributed by atoms with Crippen molar-refractivity contribution in [3.8, 4) is 11.5 Å². The maximum absolute atomic E-state index is 12.7. The van der Waals surface area contributed by atoms with E-state index in [1.807, 2.05) is 23.1 Å². The Bertz CT molecular complexity index is 836. The molecule has 148 valence electrons. The van der Waals surface area contributed by atoms with Gasteiger partial charge in [0.1, 0.15) is 4.32 Å². The third-order valence-electron chi connectivity index (χ3n) is 4.70. The summed E-state index contributed by atoms with van der Waals surface area (Å²) in [5.41, 5.74) is 0.854. The minimum Gasteiger partial charge on any atom is -0.454 e. The summed E-state index contributed by atoms with van der Waals surface area (Å²) in [7, 11) is 0. The van der Waals surface area contributed by atoms with Gasteiger partial charge in [-0.2, -0.15) is 0 Å². The van der Waals surface area contributed by atoms with Crippen molar-refractivity contribution in [3.05, 3.63) is 28.7 Å². The van der Waals surface area contributed by atoms with E-state index in [9.17, 15) is 9.59 Å². The Labute approximate surface area is 172 Å². The Morgan fingerprint density at radius 2 is 2.00 bits per heavy atom. The van der Waals surface area contributed by atoms with Crippen molar-refractivity contribution < 1.29 is 23.8 Å². The van der Waals surface area contributed by atoms with Gasteiger partial charge in [0, 0.05) is 26.1 Å². The van der Waals surface area contributed by atoms with Gasteiger partial charge in [-0.25, -0.2) is 0 Å². The first kappa shape index (κ1) is 19.2. The number of ether oxygens (including phenoxy) is 3. The molecule has 0 unspecified atom stereocenters. The lowest BCUT2D eigenvalue weighted by Crippen LogP contribution is -2.41. The van der Waals surface area contributed by atoms with E-state index in [1.165, 1.54) is 11.8 Å². The second kappa shape index (κ2) is 8.50. The fourth-order valence-electron chi connectivity index (χ4n) is 3.21. The molecule has 3 aliphatic heterocycles. The number of nitrogens with zero attached hydrogens (tertiary/aromatic N) is 2. The van der Waals surface area contributed by atoms with E-state index in [2.05, 4.69) is 0 Å². The number of carbonyl (C=O) groups is 2. The molecule has 0 aliphatic carbocycles. The minimum atomic E-state index is -0.119. The van der Waals surface area contributed by atoms with Gasteiger partial charge >= 0.3 is 0 Å². The normalized spacial score (nSPS) is 20.4. The minimum absolute atomic E-state index is 0.102. The molecule has 4 rings (SSSR count). The van der Waals surface area contributed by atoms with Crippen molar-refractivity contribution in [1.82, 2.24) is 9.80 Å². The van der Waals surface area contributed by atoms with Gasteiger partial charge in [-0.1, -0.05) is 30.0 Å². The van der Waals surface area contributed by atoms with Gasteiger partial charge < -0.3 is 19.1 Å². The molecular weight excluding hydrogens is 400 g/mol. The van der Waals surface area contributed by atoms with Crippen LogP contribution >= 0.6 is 24.0 Å². The highest BCUT2D eigenvalue weighted by Gasteiger charge is 2.32. The molecule has 9 heteroatoms. The number of hydrogen-bond acceptors (Lipinski definition) is 7. The quantitative estimate of drug-likeness (QED) is 0.535. The van der Waals surface area contributed by atoms with Crippen molar-refractivity contribution >= 4 is 46.2 Å². The van der Waals surface area contributed by atoms with Crippen LogP contribution in [0.5, 0.6) is 11.5 Å². The summed E-state index contributed by atoms with van der Waals surface area (Å²) in [6.07, 6.45) is 2.79. The van der Waals surface area contributed by atoms with Crippen LogP contribution in [-0.2, 0) is 14.3 Å². The van der Waals surface area contributed by atoms with Gasteiger partial charge in [-0.15, -0.1) is 0 Å². The molecule has 3 aliphatic rings. The summed E-state index contributed by atoms with van der Waals surface area (Å²) in [5.74, 6) is 1.36. The van der Waals surface area contributed by atoms with E-state index >= 15 is 0 Å². The smallest absolute Gasteiger partial charge is 0.266 e. The molecule has 7 nitrogen and oxygen atoms in total. The molecule has 2 fully saturated rings. The third-order valence-corrected chi connectivity index (χ3v) is 6.08. The fraction of sp³-hybridized carbons (Fsp3) is 0.421. The molecule has 1 aromatic carbocycles. The number of thiocarbonyl (C=S) groups is 1. The van der Waals surface area contributed by atoms with Crippen LogP contribution in [0.25, 0.3) is 6.08 Å². The summed E-state index contributed by atoms with van der Waals surface area (Å²) in [6, 6.07) is 5.54. The lowest BCUT2D eigenvalue weighted by Gasteiger charge is -2.27. The van der Waals surface area contributed by atoms with Gasteiger partial charge in [0.05, 0.1) is 18.1 Å². The highest BCUT2D eigenvalue weighted by molar-refractivity contribution is 8.26. The van der Waals surface area contributed by atoms with E-state index in [-0.39, 0.29) is 18.6 Å². The molecule has 0 saturated carbocycles. The predicted molar refractivity (Wildman–Crippen MR) is 109 cm³/mol. The number of rotatable bonds is 5. The average Bonchev–Trinajstić information content (AvgIpc) is 3.28. The number of thioether (sulfide) groups is 1. The van der Waals surface area contributed by atoms with Crippen LogP contribution in [-0.4, -0.2) is 65.6 Å². The molecule has 0 bridgehead atoms. The summed E-state index contributed by atoms with van der Waals surface area (Å²) >= 11 is 6.65. The van der Waals surface area contributed by atoms with Crippen LogP contribution in [0.15, 0.2) is 23.1 Å². The highest BCUT2D eigenvalue weighted by Crippen LogP contribution is 2.36. The predicted octanol–water partition coefficient (Wildman–Crippen LogP) is 2.26. The summed E-state index contributed by atoms with van der Waals surface area (Å²) in [6.45, 7) is 3.11. The van der Waals surface area contributed by atoms with Crippen LogP contribution in [0, 0.1) is 0 Å². The van der Waals surface area contributed by atoms with E-state index in [0.717, 1.165) is 5.56 Å². The zero-order valence-corrected chi connectivity index (χ0v) is 16.9. The maximum Gasteiger partial charge on any atom is 0.266 e. The number of carbonyl (C=O) groups excluding carboxylic acids is 2. The second-order valence-electron chi connectivity index (χ2n) is 6.54. The van der Waals surface area contributed by atoms with Gasteiger partial charge in [0.25, 0.3) is 5.91 Å². The van der Waals surface area contributed by atoms with Gasteiger partial charge in [-0.05, 0) is 30.2 Å². The van der Waals surface area contributed by atoms with Gasteiger partial charge in [0.15, 0.2) is 11.5 Å². The molecule has 0 N–H and O–H groups in total. The van der Waals surface area contributed by atoms with Gasteiger partial charge in [0.2, 0.25) is 12.7 Å². The molecule has 0 aromatic heterocycles. The zero-order valence-electron chi connectivity index (χ0n) is 15.2. The van der Waals surface area contributed by atoms with Crippen LogP contribution < -0.4 is 9.47 Å². The van der Waals surface area contributed by atoms with Crippen LogP contribution in [0.1, 0.15) is 18.4 Å². The molecule has 0 spiro atoms. The van der Waals surface area contributed by atoms with Crippen LogP contribution in [0.4, 0.5) is 0 Å². The zero-order chi connectivity index (χ0) is 19.5. The highest BCUT2D eigenvalue weighted by atomic mass is 32.2. The van der Waals surface area contributed by atoms with Crippen molar-refractivity contribution in [2.75, 3.05) is 39.6 Å².